The molecule has 0 spiro atoms. The Kier molecular flexibility index (Phi) is 3.91. The fraction of sp³-hybridized carbons (Fsp3) is 0.211. The van der Waals surface area contributed by atoms with Gasteiger partial charge in [-0.15, -0.1) is 0 Å². The lowest BCUT2D eigenvalue weighted by molar-refractivity contribution is 0.0470. The van der Waals surface area contributed by atoms with E-state index in [9.17, 15) is 18.8 Å². The third-order valence-electron chi connectivity index (χ3n) is 4.40. The van der Waals surface area contributed by atoms with E-state index in [2.05, 4.69) is 4.98 Å². The minimum absolute atomic E-state index is 0.0283. The molecule has 26 heavy (non-hydrogen) atoms. The third-order valence-corrected chi connectivity index (χ3v) is 4.40. The molecule has 0 unspecified atom stereocenters. The first-order chi connectivity index (χ1) is 12.5. The van der Waals surface area contributed by atoms with E-state index in [4.69, 9.17) is 4.74 Å². The lowest BCUT2D eigenvalue weighted by Crippen LogP contribution is -2.28. The van der Waals surface area contributed by atoms with Crippen molar-refractivity contribution in [2.45, 2.75) is 25.4 Å². The highest BCUT2D eigenvalue weighted by atomic mass is 19.1. The number of fused-ring (bicyclic) bond motifs is 1. The number of H-pyrrole nitrogens is 1. The van der Waals surface area contributed by atoms with E-state index in [1.54, 1.807) is 12.1 Å². The first kappa shape index (κ1) is 16.3. The maximum Gasteiger partial charge on any atom is 0.344 e. The van der Waals surface area contributed by atoms with Crippen LogP contribution in [-0.4, -0.2) is 15.4 Å². The number of nitrogens with one attached hydrogen (secondary N) is 1. The Bertz CT molecular complexity index is 1110. The number of halogens is 1. The van der Waals surface area contributed by atoms with Crippen molar-refractivity contribution in [2.75, 3.05) is 0 Å². The number of nitrogens with zero attached hydrogens (tertiary/aromatic N) is 1. The summed E-state index contributed by atoms with van der Waals surface area (Å²) in [5.41, 5.74) is -0.133. The maximum absolute atomic E-state index is 13.7. The fourth-order valence-electron chi connectivity index (χ4n) is 2.90. The van der Waals surface area contributed by atoms with Crippen LogP contribution in [0.15, 0.2) is 52.2 Å². The molecule has 132 valence electrons. The minimum Gasteiger partial charge on any atom is -0.457 e. The van der Waals surface area contributed by atoms with Gasteiger partial charge < -0.3 is 9.72 Å². The van der Waals surface area contributed by atoms with E-state index in [1.165, 1.54) is 6.07 Å². The zero-order chi connectivity index (χ0) is 18.3. The van der Waals surface area contributed by atoms with Crippen molar-refractivity contribution in [3.63, 3.8) is 0 Å². The number of carbonyl (C=O) groups is 1. The molecule has 3 aromatic rings. The number of ether oxygens (including phenoxy) is 1. The molecular weight excluding hydrogens is 339 g/mol. The zero-order valence-corrected chi connectivity index (χ0v) is 13.7. The van der Waals surface area contributed by atoms with Crippen molar-refractivity contribution >= 4 is 11.6 Å². The van der Waals surface area contributed by atoms with Gasteiger partial charge in [0.1, 0.15) is 17.8 Å². The van der Waals surface area contributed by atoms with Crippen molar-refractivity contribution in [3.8, 4) is 0 Å². The Morgan fingerprint density at radius 2 is 1.96 bits per heavy atom. The number of pyridine rings is 1. The van der Waals surface area contributed by atoms with Gasteiger partial charge in [-0.3, -0.25) is 14.0 Å². The normalized spacial score (nSPS) is 13.7. The average molecular weight is 354 g/mol. The number of benzene rings is 1. The van der Waals surface area contributed by atoms with E-state index in [0.717, 1.165) is 29.0 Å². The molecule has 0 amide bonds. The number of hydrogen-bond donors (Lipinski definition) is 1. The van der Waals surface area contributed by atoms with Gasteiger partial charge in [-0.1, -0.05) is 30.3 Å². The second kappa shape index (κ2) is 6.25. The summed E-state index contributed by atoms with van der Waals surface area (Å²) < 4.78 is 19.9. The zero-order valence-electron chi connectivity index (χ0n) is 13.7. The molecular formula is C19H15FN2O4. The van der Waals surface area contributed by atoms with Crippen molar-refractivity contribution < 1.29 is 13.9 Å². The molecule has 0 radical (unpaired) electrons. The summed E-state index contributed by atoms with van der Waals surface area (Å²) in [6.07, 6.45) is 2.58. The van der Waals surface area contributed by atoms with Gasteiger partial charge in [0.05, 0.1) is 6.20 Å². The molecule has 1 aliphatic rings. The van der Waals surface area contributed by atoms with E-state index in [1.807, 2.05) is 18.2 Å². The van der Waals surface area contributed by atoms with E-state index in [0.29, 0.717) is 5.56 Å². The molecule has 6 nitrogen and oxygen atoms in total. The van der Waals surface area contributed by atoms with Gasteiger partial charge in [0.15, 0.2) is 0 Å². The van der Waals surface area contributed by atoms with Crippen LogP contribution in [-0.2, 0) is 11.3 Å². The molecule has 1 aromatic carbocycles. The number of hydrogen-bond acceptors (Lipinski definition) is 4. The predicted octanol–water partition coefficient (Wildman–Crippen LogP) is 2.36. The van der Waals surface area contributed by atoms with Gasteiger partial charge in [-0.25, -0.2) is 4.79 Å². The van der Waals surface area contributed by atoms with Crippen LogP contribution in [0.2, 0.25) is 0 Å². The lowest BCUT2D eigenvalue weighted by Gasteiger charge is -2.10. The molecule has 2 aromatic heterocycles. The van der Waals surface area contributed by atoms with Crippen LogP contribution in [0.4, 0.5) is 4.39 Å². The fourth-order valence-corrected chi connectivity index (χ4v) is 2.90. The lowest BCUT2D eigenvalue weighted by atomic mass is 10.1. The van der Waals surface area contributed by atoms with Crippen LogP contribution in [0.1, 0.15) is 40.2 Å². The molecule has 0 aliphatic heterocycles. The minimum atomic E-state index is -1.09. The van der Waals surface area contributed by atoms with Crippen LogP contribution in [0.25, 0.3) is 5.65 Å². The first-order valence-corrected chi connectivity index (χ1v) is 8.24. The molecule has 1 fully saturated rings. The monoisotopic (exact) mass is 354 g/mol. The molecule has 1 aliphatic carbocycles. The SMILES string of the molecule is O=C(OCc1ccccc1)c1cc(C2CC2)c2[nH]c(=O)c(F)cn2c1=O. The van der Waals surface area contributed by atoms with Gasteiger partial charge >= 0.3 is 5.97 Å². The highest BCUT2D eigenvalue weighted by Crippen LogP contribution is 2.41. The maximum atomic E-state index is 13.7. The molecule has 0 atom stereocenters. The highest BCUT2D eigenvalue weighted by molar-refractivity contribution is 5.90. The molecule has 1 N–H and O–H groups in total. The van der Waals surface area contributed by atoms with E-state index < -0.39 is 22.9 Å². The van der Waals surface area contributed by atoms with Gasteiger partial charge in [0, 0.05) is 0 Å². The van der Waals surface area contributed by atoms with Gasteiger partial charge in [-0.05, 0) is 36.0 Å². The Hall–Kier alpha value is -3.22. The van der Waals surface area contributed by atoms with Crippen molar-refractivity contribution in [1.82, 2.24) is 9.38 Å². The van der Waals surface area contributed by atoms with Crippen LogP contribution < -0.4 is 11.1 Å². The van der Waals surface area contributed by atoms with Crippen molar-refractivity contribution in [3.05, 3.63) is 85.8 Å². The van der Waals surface area contributed by atoms with Gasteiger partial charge in [0.25, 0.3) is 11.1 Å². The van der Waals surface area contributed by atoms with E-state index >= 15 is 0 Å². The Balaban J connectivity index is 1.76. The van der Waals surface area contributed by atoms with E-state index in [-0.39, 0.29) is 23.7 Å². The predicted molar refractivity (Wildman–Crippen MR) is 91.8 cm³/mol. The molecule has 7 heteroatoms. The second-order valence-electron chi connectivity index (χ2n) is 6.30. The third kappa shape index (κ3) is 2.92. The number of aromatic nitrogens is 2. The standard InChI is InChI=1S/C19H15FN2O4/c20-15-9-22-16(21-17(15)23)13(12-6-7-12)8-14(18(22)24)19(25)26-10-11-4-2-1-3-5-11/h1-5,8-9,12H,6-7,10H2,(H,21,23). The summed E-state index contributed by atoms with van der Waals surface area (Å²) in [6.45, 7) is 0.0283. The number of esters is 1. The Morgan fingerprint density at radius 1 is 1.23 bits per heavy atom. The largest absolute Gasteiger partial charge is 0.457 e. The molecule has 0 saturated heterocycles. The average Bonchev–Trinajstić information content (AvgIpc) is 3.48. The summed E-state index contributed by atoms with van der Waals surface area (Å²) in [5.74, 6) is -1.73. The summed E-state index contributed by atoms with van der Waals surface area (Å²) in [4.78, 5) is 39.0. The summed E-state index contributed by atoms with van der Waals surface area (Å²) in [5, 5.41) is 0. The smallest absolute Gasteiger partial charge is 0.344 e. The molecule has 2 heterocycles. The van der Waals surface area contributed by atoms with Crippen LogP contribution >= 0.6 is 0 Å². The highest BCUT2D eigenvalue weighted by Gasteiger charge is 2.29. The van der Waals surface area contributed by atoms with Gasteiger partial charge in [0.2, 0.25) is 5.82 Å². The second-order valence-corrected chi connectivity index (χ2v) is 6.30. The summed E-state index contributed by atoms with van der Waals surface area (Å²) in [7, 11) is 0. The van der Waals surface area contributed by atoms with Crippen molar-refractivity contribution in [2.24, 2.45) is 0 Å². The van der Waals surface area contributed by atoms with Gasteiger partial charge in [-0.2, -0.15) is 4.39 Å². The van der Waals surface area contributed by atoms with Crippen LogP contribution in [0, 0.1) is 5.82 Å². The van der Waals surface area contributed by atoms with Crippen LogP contribution in [0.3, 0.4) is 0 Å². The Morgan fingerprint density at radius 3 is 2.65 bits per heavy atom. The number of rotatable bonds is 4. The van der Waals surface area contributed by atoms with Crippen molar-refractivity contribution in [1.29, 1.82) is 0 Å². The summed E-state index contributed by atoms with van der Waals surface area (Å²) in [6, 6.07) is 10.5. The topological polar surface area (TPSA) is 80.6 Å². The van der Waals surface area contributed by atoms with Crippen LogP contribution in [0.5, 0.6) is 0 Å². The molecule has 0 bridgehead atoms. The summed E-state index contributed by atoms with van der Waals surface area (Å²) >= 11 is 0. The first-order valence-electron chi connectivity index (χ1n) is 8.24. The Labute approximate surface area is 146 Å². The molecule has 4 rings (SSSR count). The molecule has 1 saturated carbocycles. The number of carbonyl (C=O) groups excluding carboxylic acids is 1. The quantitative estimate of drug-likeness (QED) is 0.730. The number of aromatic amines is 1.